The van der Waals surface area contributed by atoms with E-state index in [-0.39, 0.29) is 19.1 Å². The molecule has 2 atom stereocenters. The molecule has 0 aromatic heterocycles. The molecule has 1 aliphatic heterocycles. The molecule has 7 nitrogen and oxygen atoms in total. The van der Waals surface area contributed by atoms with Gasteiger partial charge in [0.15, 0.2) is 0 Å². The fraction of sp³-hybridized carbons (Fsp3) is 0.423. The molecule has 2 N–H and O–H groups in total. The van der Waals surface area contributed by atoms with Crippen LogP contribution in [0.2, 0.25) is 0 Å². The van der Waals surface area contributed by atoms with Crippen molar-refractivity contribution in [3.63, 3.8) is 0 Å². The minimum atomic E-state index is -3.25. The number of carboxylic acid groups (broad SMARTS) is 1. The Hall–Kier alpha value is -3.49. The Labute approximate surface area is 202 Å². The molecule has 2 aromatic rings. The molecular weight excluding hydrogens is 458 g/mol. The van der Waals surface area contributed by atoms with Crippen molar-refractivity contribution in [1.29, 1.82) is 0 Å². The first-order valence-electron chi connectivity index (χ1n) is 11.7. The average Bonchev–Trinajstić information content (AvgIpc) is 3.34. The van der Waals surface area contributed by atoms with E-state index in [0.29, 0.717) is 12.8 Å². The van der Waals surface area contributed by atoms with Crippen LogP contribution in [-0.4, -0.2) is 59.6 Å². The molecule has 2 aromatic carbocycles. The molecule has 0 spiro atoms. The Balaban J connectivity index is 1.37. The fourth-order valence-corrected chi connectivity index (χ4v) is 5.02. The Bertz CT molecular complexity index is 1080. The smallest absolute Gasteiger partial charge is 0.407 e. The molecule has 0 saturated carbocycles. The summed E-state index contributed by atoms with van der Waals surface area (Å²) in [6.45, 7) is 0.859. The average molecular weight is 487 g/mol. The van der Waals surface area contributed by atoms with Crippen molar-refractivity contribution >= 4 is 18.0 Å². The number of alkyl halides is 2. The molecule has 2 amide bonds. The number of carboxylic acids is 1. The lowest BCUT2D eigenvalue weighted by Gasteiger charge is -2.26. The van der Waals surface area contributed by atoms with Crippen LogP contribution >= 0.6 is 0 Å². The van der Waals surface area contributed by atoms with Crippen molar-refractivity contribution in [2.24, 2.45) is 5.92 Å². The van der Waals surface area contributed by atoms with Crippen LogP contribution in [0.4, 0.5) is 13.6 Å². The van der Waals surface area contributed by atoms with Crippen LogP contribution in [0.3, 0.4) is 0 Å². The Kier molecular flexibility index (Phi) is 7.05. The second-order valence-electron chi connectivity index (χ2n) is 9.07. The van der Waals surface area contributed by atoms with Gasteiger partial charge in [0.1, 0.15) is 12.6 Å². The van der Waals surface area contributed by atoms with E-state index in [0.717, 1.165) is 27.2 Å². The van der Waals surface area contributed by atoms with Gasteiger partial charge in [-0.3, -0.25) is 4.79 Å². The number of amides is 2. The third kappa shape index (κ3) is 5.13. The quantitative estimate of drug-likeness (QED) is 0.581. The highest BCUT2D eigenvalue weighted by Gasteiger charge is 2.51. The monoisotopic (exact) mass is 486 g/mol. The number of hydrogen-bond donors (Lipinski definition) is 2. The van der Waals surface area contributed by atoms with Crippen LogP contribution in [0, 0.1) is 5.92 Å². The number of nitrogens with one attached hydrogen (secondary N) is 1. The van der Waals surface area contributed by atoms with Crippen LogP contribution in [-0.2, 0) is 14.3 Å². The van der Waals surface area contributed by atoms with Gasteiger partial charge in [-0.2, -0.15) is 0 Å². The summed E-state index contributed by atoms with van der Waals surface area (Å²) in [7, 11) is 0. The number of likely N-dealkylation sites (tertiary alicyclic amines) is 1. The van der Waals surface area contributed by atoms with Crippen molar-refractivity contribution in [2.45, 2.75) is 44.1 Å². The van der Waals surface area contributed by atoms with E-state index in [1.165, 1.54) is 0 Å². The van der Waals surface area contributed by atoms with Crippen LogP contribution in [0.5, 0.6) is 0 Å². The van der Waals surface area contributed by atoms with Gasteiger partial charge in [-0.05, 0) is 28.7 Å². The number of ether oxygens (including phenoxy) is 1. The van der Waals surface area contributed by atoms with E-state index in [9.17, 15) is 28.3 Å². The molecule has 0 bridgehead atoms. The first-order valence-corrected chi connectivity index (χ1v) is 11.7. The van der Waals surface area contributed by atoms with Crippen molar-refractivity contribution < 1.29 is 33.0 Å². The number of carbonyl (C=O) groups excluding carboxylic acids is 2. The summed E-state index contributed by atoms with van der Waals surface area (Å²) in [5.41, 5.74) is 4.33. The summed E-state index contributed by atoms with van der Waals surface area (Å²) in [5, 5.41) is 11.9. The first kappa shape index (κ1) is 24.6. The molecule has 9 heteroatoms. The van der Waals surface area contributed by atoms with E-state index in [1.54, 1.807) is 0 Å². The van der Waals surface area contributed by atoms with Crippen LogP contribution in [0.15, 0.2) is 48.5 Å². The van der Waals surface area contributed by atoms with Gasteiger partial charge in [-0.25, -0.2) is 18.4 Å². The summed E-state index contributed by atoms with van der Waals surface area (Å²) in [4.78, 5) is 37.6. The highest BCUT2D eigenvalue weighted by Crippen LogP contribution is 2.44. The maximum absolute atomic E-state index is 13.8. The highest BCUT2D eigenvalue weighted by atomic mass is 19.3. The minimum Gasteiger partial charge on any atom is -0.480 e. The maximum atomic E-state index is 13.8. The van der Waals surface area contributed by atoms with Gasteiger partial charge in [-0.15, -0.1) is 0 Å². The van der Waals surface area contributed by atoms with E-state index in [1.807, 2.05) is 55.5 Å². The molecule has 1 heterocycles. The molecule has 1 aliphatic carbocycles. The highest BCUT2D eigenvalue weighted by molar-refractivity contribution is 5.86. The first-order chi connectivity index (χ1) is 16.7. The van der Waals surface area contributed by atoms with Crippen LogP contribution in [0.25, 0.3) is 11.1 Å². The SMILES string of the molecule is CCCC(CNC(=O)OCC1c2ccccc2-c2ccccc21)C(=O)N1CC(F)(F)C[C@H]1C(=O)O. The third-order valence-corrected chi connectivity index (χ3v) is 6.66. The standard InChI is InChI=1S/C26H28F2N2O5/c1-2-7-16(23(31)30-15-26(27,28)12-22(30)24(32)33)13-29-25(34)35-14-21-19-10-5-3-8-17(19)18-9-4-6-11-20(18)21/h3-6,8-11,16,21-22H,2,7,12-15H2,1H3,(H,29,34)(H,32,33)/t16?,22-/m0/s1. The van der Waals surface area contributed by atoms with Crippen LogP contribution in [0.1, 0.15) is 43.2 Å². The number of nitrogens with zero attached hydrogens (tertiary/aromatic N) is 1. The molecule has 4 rings (SSSR count). The Morgan fingerprint density at radius 1 is 1.11 bits per heavy atom. The largest absolute Gasteiger partial charge is 0.480 e. The summed E-state index contributed by atoms with van der Waals surface area (Å²) in [5.74, 6) is -6.36. The number of benzene rings is 2. The van der Waals surface area contributed by atoms with Crippen molar-refractivity contribution in [1.82, 2.24) is 10.2 Å². The predicted molar refractivity (Wildman–Crippen MR) is 124 cm³/mol. The van der Waals surface area contributed by atoms with Crippen molar-refractivity contribution in [3.8, 4) is 11.1 Å². The van der Waals surface area contributed by atoms with Gasteiger partial charge in [0.2, 0.25) is 5.91 Å². The topological polar surface area (TPSA) is 95.9 Å². The Morgan fingerprint density at radius 2 is 1.71 bits per heavy atom. The van der Waals surface area contributed by atoms with E-state index >= 15 is 0 Å². The van der Waals surface area contributed by atoms with Crippen molar-refractivity contribution in [3.05, 3.63) is 59.7 Å². The molecule has 1 saturated heterocycles. The second-order valence-corrected chi connectivity index (χ2v) is 9.07. The lowest BCUT2D eigenvalue weighted by molar-refractivity contribution is -0.150. The molecule has 0 radical (unpaired) electrons. The molecule has 186 valence electrons. The number of halogens is 2. The predicted octanol–water partition coefficient (Wildman–Crippen LogP) is 4.26. The lowest BCUT2D eigenvalue weighted by Crippen LogP contribution is -2.46. The lowest BCUT2D eigenvalue weighted by atomic mass is 9.98. The van der Waals surface area contributed by atoms with Gasteiger partial charge in [0.05, 0.1) is 12.5 Å². The zero-order valence-electron chi connectivity index (χ0n) is 19.4. The van der Waals surface area contributed by atoms with Gasteiger partial charge in [0.25, 0.3) is 5.92 Å². The molecule has 2 aliphatic rings. The minimum absolute atomic E-state index is 0.103. The summed E-state index contributed by atoms with van der Waals surface area (Å²) in [6, 6.07) is 14.3. The summed E-state index contributed by atoms with van der Waals surface area (Å²) < 4.78 is 33.2. The number of alkyl carbamates (subject to hydrolysis) is 1. The van der Waals surface area contributed by atoms with E-state index < -0.39 is 48.8 Å². The summed E-state index contributed by atoms with van der Waals surface area (Å²) >= 11 is 0. The number of hydrogen-bond acceptors (Lipinski definition) is 4. The molecular formula is C26H28F2N2O5. The second kappa shape index (κ2) is 10.0. The molecule has 1 unspecified atom stereocenters. The zero-order chi connectivity index (χ0) is 25.2. The third-order valence-electron chi connectivity index (χ3n) is 6.66. The fourth-order valence-electron chi connectivity index (χ4n) is 5.02. The number of rotatable bonds is 8. The van der Waals surface area contributed by atoms with Gasteiger partial charge >= 0.3 is 12.1 Å². The van der Waals surface area contributed by atoms with E-state index in [2.05, 4.69) is 5.32 Å². The molecule has 1 fully saturated rings. The van der Waals surface area contributed by atoms with Crippen molar-refractivity contribution in [2.75, 3.05) is 19.7 Å². The number of carbonyl (C=O) groups is 3. The van der Waals surface area contributed by atoms with Crippen LogP contribution < -0.4 is 5.32 Å². The summed E-state index contributed by atoms with van der Waals surface area (Å²) in [6.07, 6.45) is -0.753. The number of fused-ring (bicyclic) bond motifs is 3. The van der Waals surface area contributed by atoms with Gasteiger partial charge in [0, 0.05) is 18.9 Å². The number of aliphatic carboxylic acids is 1. The maximum Gasteiger partial charge on any atom is 0.407 e. The van der Waals surface area contributed by atoms with E-state index in [4.69, 9.17) is 4.74 Å². The van der Waals surface area contributed by atoms with Gasteiger partial charge < -0.3 is 20.1 Å². The zero-order valence-corrected chi connectivity index (χ0v) is 19.4. The Morgan fingerprint density at radius 3 is 2.29 bits per heavy atom. The normalized spacial score (nSPS) is 19.1. The molecule has 35 heavy (non-hydrogen) atoms. The van der Waals surface area contributed by atoms with Gasteiger partial charge in [-0.1, -0.05) is 61.9 Å².